The molecular weight excluding hydrogens is 569 g/mol. The fraction of sp³-hybridized carbons (Fsp3) is 0.125. The topological polar surface area (TPSA) is 89.4 Å². The lowest BCUT2D eigenvalue weighted by Gasteiger charge is -2.26. The normalized spacial score (nSPS) is 15.3. The minimum atomic E-state index is -3.59. The number of nitrogens with zero attached hydrogens (tertiary/aromatic N) is 4. The molecule has 8 nitrogen and oxygen atoms in total. The predicted octanol–water partition coefficient (Wildman–Crippen LogP) is 6.25. The molecule has 210 valence electrons. The van der Waals surface area contributed by atoms with Gasteiger partial charge in [0.2, 0.25) is 14.8 Å². The molecule has 1 aliphatic rings. The van der Waals surface area contributed by atoms with E-state index in [0.717, 1.165) is 33.0 Å². The average molecular weight is 595 g/mol. The quantitative estimate of drug-likeness (QED) is 0.213. The Labute approximate surface area is 246 Å². The van der Waals surface area contributed by atoms with Gasteiger partial charge in [-0.05, 0) is 47.2 Å². The third kappa shape index (κ3) is 5.10. The number of fused-ring (bicyclic) bond motifs is 2. The smallest absolute Gasteiger partial charge is 0.243 e. The molecule has 0 atom stereocenters. The molecule has 1 fully saturated rings. The van der Waals surface area contributed by atoms with Crippen molar-refractivity contribution in [3.63, 3.8) is 0 Å². The zero-order valence-electron chi connectivity index (χ0n) is 22.5. The minimum Gasteiger partial charge on any atom is -0.454 e. The van der Waals surface area contributed by atoms with Gasteiger partial charge in [0.25, 0.3) is 0 Å². The number of rotatable bonds is 6. The van der Waals surface area contributed by atoms with Gasteiger partial charge in [-0.1, -0.05) is 60.7 Å². The van der Waals surface area contributed by atoms with E-state index >= 15 is 0 Å². The van der Waals surface area contributed by atoms with Crippen LogP contribution in [-0.4, -0.2) is 49.9 Å². The van der Waals surface area contributed by atoms with E-state index < -0.39 is 10.0 Å². The van der Waals surface area contributed by atoms with Gasteiger partial charge in [0.1, 0.15) is 11.3 Å². The molecule has 0 unspecified atom stereocenters. The van der Waals surface area contributed by atoms with Crippen molar-refractivity contribution in [1.82, 2.24) is 8.98 Å². The number of furan rings is 1. The highest BCUT2D eigenvalue weighted by Crippen LogP contribution is 2.29. The molecule has 3 heterocycles. The van der Waals surface area contributed by atoms with E-state index in [4.69, 9.17) is 19.2 Å². The van der Waals surface area contributed by atoms with Crippen LogP contribution in [0, 0.1) is 0 Å². The van der Waals surface area contributed by atoms with Crippen LogP contribution in [0.5, 0.6) is 0 Å². The van der Waals surface area contributed by atoms with Gasteiger partial charge in [-0.15, -0.1) is 11.3 Å². The van der Waals surface area contributed by atoms with Gasteiger partial charge in [-0.3, -0.25) is 0 Å². The molecule has 42 heavy (non-hydrogen) atoms. The fourth-order valence-corrected chi connectivity index (χ4v) is 7.23. The summed E-state index contributed by atoms with van der Waals surface area (Å²) in [5.41, 5.74) is 3.14. The zero-order chi connectivity index (χ0) is 28.5. The van der Waals surface area contributed by atoms with Crippen molar-refractivity contribution in [2.45, 2.75) is 4.90 Å². The molecule has 1 saturated heterocycles. The lowest BCUT2D eigenvalue weighted by atomic mass is 10.1. The van der Waals surface area contributed by atoms with Crippen LogP contribution in [-0.2, 0) is 14.8 Å². The zero-order valence-corrected chi connectivity index (χ0v) is 24.1. The third-order valence-electron chi connectivity index (χ3n) is 7.17. The molecule has 0 N–H and O–H groups in total. The summed E-state index contributed by atoms with van der Waals surface area (Å²) >= 11 is 1.43. The Morgan fingerprint density at radius 3 is 2.38 bits per heavy atom. The second-order valence-electron chi connectivity index (χ2n) is 9.80. The van der Waals surface area contributed by atoms with Crippen LogP contribution in [0.4, 0.5) is 5.69 Å². The first-order valence-corrected chi connectivity index (χ1v) is 15.8. The van der Waals surface area contributed by atoms with Crippen LogP contribution < -0.4 is 4.80 Å². The largest absolute Gasteiger partial charge is 0.454 e. The first-order chi connectivity index (χ1) is 20.6. The second kappa shape index (κ2) is 11.1. The molecule has 4 aromatic carbocycles. The van der Waals surface area contributed by atoms with Gasteiger partial charge in [-0.25, -0.2) is 18.1 Å². The summed E-state index contributed by atoms with van der Waals surface area (Å²) in [6.45, 7) is 1.50. The fourth-order valence-electron chi connectivity index (χ4n) is 4.99. The predicted molar refractivity (Wildman–Crippen MR) is 166 cm³/mol. The summed E-state index contributed by atoms with van der Waals surface area (Å²) in [6.07, 6.45) is 1.83. The molecule has 0 aliphatic carbocycles. The number of morpholine rings is 1. The number of para-hydroxylation sites is 1. The van der Waals surface area contributed by atoms with E-state index in [1.54, 1.807) is 28.9 Å². The van der Waals surface area contributed by atoms with Crippen molar-refractivity contribution in [2.75, 3.05) is 26.3 Å². The van der Waals surface area contributed by atoms with Gasteiger partial charge >= 0.3 is 0 Å². The maximum Gasteiger partial charge on any atom is 0.243 e. The van der Waals surface area contributed by atoms with Crippen molar-refractivity contribution >= 4 is 55.0 Å². The van der Waals surface area contributed by atoms with Crippen molar-refractivity contribution in [3.8, 4) is 11.5 Å². The number of thiazole rings is 1. The highest BCUT2D eigenvalue weighted by atomic mass is 32.2. The number of sulfonamides is 1. The van der Waals surface area contributed by atoms with E-state index in [2.05, 4.69) is 18.2 Å². The molecule has 0 radical (unpaired) electrons. The monoisotopic (exact) mass is 594 g/mol. The average Bonchev–Trinajstić information content (AvgIpc) is 3.64. The number of aromatic nitrogens is 1. The van der Waals surface area contributed by atoms with Crippen LogP contribution in [0.25, 0.3) is 33.2 Å². The summed E-state index contributed by atoms with van der Waals surface area (Å²) in [5, 5.41) is 10.1. The molecular formula is C32H26N4O4S2. The van der Waals surface area contributed by atoms with Gasteiger partial charge in [-0.2, -0.15) is 9.41 Å². The van der Waals surface area contributed by atoms with Crippen molar-refractivity contribution < 1.29 is 17.6 Å². The van der Waals surface area contributed by atoms with Crippen LogP contribution in [0.15, 0.2) is 122 Å². The Morgan fingerprint density at radius 1 is 0.833 bits per heavy atom. The van der Waals surface area contributed by atoms with E-state index in [9.17, 15) is 8.42 Å². The summed E-state index contributed by atoms with van der Waals surface area (Å²) in [4.78, 5) is 5.70. The lowest BCUT2D eigenvalue weighted by Crippen LogP contribution is -2.40. The Balaban J connectivity index is 1.30. The maximum absolute atomic E-state index is 13.1. The SMILES string of the molecule is O=S(=O)(c1ccc(N=c2scc(-c3cc4ccccc4o3)n2/N=C\c2cccc3ccccc23)cc1)N1CCOCC1. The lowest BCUT2D eigenvalue weighted by molar-refractivity contribution is 0.0730. The van der Waals surface area contributed by atoms with E-state index in [1.165, 1.54) is 15.6 Å². The summed E-state index contributed by atoms with van der Waals surface area (Å²) < 4.78 is 40.8. The summed E-state index contributed by atoms with van der Waals surface area (Å²) in [7, 11) is -3.59. The van der Waals surface area contributed by atoms with Gasteiger partial charge < -0.3 is 9.15 Å². The molecule has 0 amide bonds. The van der Waals surface area contributed by atoms with Crippen molar-refractivity contribution in [3.05, 3.63) is 113 Å². The molecule has 7 rings (SSSR count). The molecule has 2 aromatic heterocycles. The van der Waals surface area contributed by atoms with Gasteiger partial charge in [0, 0.05) is 29.4 Å². The van der Waals surface area contributed by atoms with Gasteiger partial charge in [0.05, 0.1) is 30.0 Å². The van der Waals surface area contributed by atoms with Crippen LogP contribution in [0.3, 0.4) is 0 Å². The third-order valence-corrected chi connectivity index (χ3v) is 9.90. The van der Waals surface area contributed by atoms with E-state index in [-0.39, 0.29) is 4.90 Å². The van der Waals surface area contributed by atoms with Crippen molar-refractivity contribution in [1.29, 1.82) is 0 Å². The molecule has 1 aliphatic heterocycles. The summed E-state index contributed by atoms with van der Waals surface area (Å²) in [6, 6.07) is 30.8. The van der Waals surface area contributed by atoms with Crippen LogP contribution in [0.2, 0.25) is 0 Å². The minimum absolute atomic E-state index is 0.236. The first-order valence-electron chi connectivity index (χ1n) is 13.5. The van der Waals surface area contributed by atoms with E-state index in [0.29, 0.717) is 42.6 Å². The highest BCUT2D eigenvalue weighted by molar-refractivity contribution is 7.89. The Kier molecular flexibility index (Phi) is 7.04. The van der Waals surface area contributed by atoms with E-state index in [1.807, 2.05) is 66.2 Å². The molecule has 0 saturated carbocycles. The van der Waals surface area contributed by atoms with Crippen LogP contribution >= 0.6 is 11.3 Å². The summed E-state index contributed by atoms with van der Waals surface area (Å²) in [5.74, 6) is 0.677. The Hall–Kier alpha value is -4.35. The first kappa shape index (κ1) is 26.5. The highest BCUT2D eigenvalue weighted by Gasteiger charge is 2.26. The molecule has 0 bridgehead atoms. The molecule has 0 spiro atoms. The number of hydrogen-bond donors (Lipinski definition) is 0. The van der Waals surface area contributed by atoms with Crippen molar-refractivity contribution in [2.24, 2.45) is 10.1 Å². The number of ether oxygens (including phenoxy) is 1. The number of benzene rings is 4. The van der Waals surface area contributed by atoms with Gasteiger partial charge in [0.15, 0.2) is 5.76 Å². The second-order valence-corrected chi connectivity index (χ2v) is 12.6. The van der Waals surface area contributed by atoms with Crippen LogP contribution in [0.1, 0.15) is 5.56 Å². The standard InChI is InChI=1S/C32H26N4O4S2/c37-42(38,35-16-18-39-19-17-35)27-14-12-26(13-15-27)34-32-36(33-21-25-9-5-8-23-6-1-3-10-28(23)25)29(22-41-32)31-20-24-7-2-4-11-30(24)40-31/h1-15,20-22H,16-19H2/b33-21-,34-32?. The Morgan fingerprint density at radius 2 is 1.57 bits per heavy atom. The molecule has 6 aromatic rings. The molecule has 10 heteroatoms. The Bertz CT molecular complexity index is 2060. The maximum atomic E-state index is 13.1. The number of hydrogen-bond acceptors (Lipinski definition) is 7.